The van der Waals surface area contributed by atoms with E-state index in [4.69, 9.17) is 5.11 Å². The molecule has 4 aliphatic carbocycles. The van der Waals surface area contributed by atoms with Gasteiger partial charge in [0.25, 0.3) is 0 Å². The smallest absolute Gasteiger partial charge is 0.0556 e. The second kappa shape index (κ2) is 3.21. The van der Waals surface area contributed by atoms with Crippen LogP contribution in [0.5, 0.6) is 0 Å². The van der Waals surface area contributed by atoms with Crippen molar-refractivity contribution >= 4 is 0 Å². The highest BCUT2D eigenvalue weighted by Crippen LogP contribution is 2.61. The molecule has 4 aliphatic rings. The molecule has 2 unspecified atom stereocenters. The summed E-state index contributed by atoms with van der Waals surface area (Å²) in [6.45, 7) is 3.56. The molecule has 4 bridgehead atoms. The van der Waals surface area contributed by atoms with E-state index in [1.165, 1.54) is 38.5 Å². The zero-order chi connectivity index (χ0) is 10.5. The van der Waals surface area contributed by atoms with Gasteiger partial charge in [-0.15, -0.1) is 0 Å². The fourth-order valence-electron chi connectivity index (χ4n) is 5.25. The maximum atomic E-state index is 8.97. The third-order valence-corrected chi connectivity index (χ3v) is 4.97. The van der Waals surface area contributed by atoms with Crippen molar-refractivity contribution < 1.29 is 5.11 Å². The minimum Gasteiger partial charge on any atom is -0.395 e. The third-order valence-electron chi connectivity index (χ3n) is 4.97. The maximum Gasteiger partial charge on any atom is 0.0556 e. The van der Waals surface area contributed by atoms with Gasteiger partial charge in [0.15, 0.2) is 0 Å². The average Bonchev–Trinajstić information content (AvgIpc) is 2.10. The van der Waals surface area contributed by atoms with Crippen LogP contribution in [0.3, 0.4) is 0 Å². The van der Waals surface area contributed by atoms with E-state index in [-0.39, 0.29) is 6.61 Å². The van der Waals surface area contributed by atoms with Gasteiger partial charge in [-0.25, -0.2) is 0 Å². The highest BCUT2D eigenvalue weighted by molar-refractivity contribution is 5.10. The molecule has 0 aliphatic heterocycles. The van der Waals surface area contributed by atoms with Crippen LogP contribution in [0.25, 0.3) is 0 Å². The van der Waals surface area contributed by atoms with Crippen molar-refractivity contribution in [3.63, 3.8) is 0 Å². The Morgan fingerprint density at radius 3 is 2.40 bits per heavy atom. The third kappa shape index (κ3) is 1.62. The molecule has 0 aromatic carbocycles. The van der Waals surface area contributed by atoms with Gasteiger partial charge in [-0.3, -0.25) is 0 Å². The van der Waals surface area contributed by atoms with Gasteiger partial charge in [-0.2, -0.15) is 0 Å². The molecule has 2 nitrogen and oxygen atoms in total. The molecule has 0 radical (unpaired) electrons. The highest BCUT2D eigenvalue weighted by atomic mass is 16.3. The van der Waals surface area contributed by atoms with E-state index in [0.717, 1.165) is 18.4 Å². The predicted molar refractivity (Wildman–Crippen MR) is 60.6 cm³/mol. The Morgan fingerprint density at radius 2 is 1.87 bits per heavy atom. The molecular formula is C13H23NO. The lowest BCUT2D eigenvalue weighted by Gasteiger charge is -2.61. The largest absolute Gasteiger partial charge is 0.395 e. The first-order chi connectivity index (χ1) is 7.13. The van der Waals surface area contributed by atoms with E-state index < -0.39 is 0 Å². The van der Waals surface area contributed by atoms with Gasteiger partial charge in [-0.05, 0) is 55.8 Å². The Bertz CT molecular complexity index is 249. The molecule has 15 heavy (non-hydrogen) atoms. The molecule has 0 saturated heterocycles. The summed E-state index contributed by atoms with van der Waals surface area (Å²) in [6.07, 6.45) is 8.52. The van der Waals surface area contributed by atoms with Gasteiger partial charge in [0.2, 0.25) is 0 Å². The van der Waals surface area contributed by atoms with E-state index >= 15 is 0 Å². The minimum absolute atomic E-state index is 0.286. The first-order valence-corrected chi connectivity index (χ1v) is 6.49. The first-order valence-electron chi connectivity index (χ1n) is 6.49. The summed E-state index contributed by atoms with van der Waals surface area (Å²) in [6, 6.07) is 0. The Hall–Kier alpha value is -0.0800. The fourth-order valence-corrected chi connectivity index (χ4v) is 5.25. The van der Waals surface area contributed by atoms with E-state index in [2.05, 4.69) is 12.2 Å². The number of hydrogen-bond donors (Lipinski definition) is 2. The summed E-state index contributed by atoms with van der Waals surface area (Å²) in [7, 11) is 0. The van der Waals surface area contributed by atoms with Crippen molar-refractivity contribution in [1.29, 1.82) is 0 Å². The van der Waals surface area contributed by atoms with Crippen LogP contribution in [0, 0.1) is 17.3 Å². The molecule has 86 valence electrons. The molecular weight excluding hydrogens is 186 g/mol. The molecule has 0 aromatic rings. The predicted octanol–water partition coefficient (Wildman–Crippen LogP) is 1.93. The van der Waals surface area contributed by atoms with Crippen LogP contribution in [0.2, 0.25) is 0 Å². The summed E-state index contributed by atoms with van der Waals surface area (Å²) in [5.41, 5.74) is 1.02. The lowest BCUT2D eigenvalue weighted by Crippen LogP contribution is -2.61. The van der Waals surface area contributed by atoms with Crippen molar-refractivity contribution in [3.8, 4) is 0 Å². The molecule has 4 rings (SSSR count). The van der Waals surface area contributed by atoms with Crippen LogP contribution in [0.4, 0.5) is 0 Å². The van der Waals surface area contributed by atoms with Crippen LogP contribution in [0.15, 0.2) is 0 Å². The SMILES string of the molecule is CC12C[C@H]3C[C@@H](C1)CC(NCCO)(C3)C2. The van der Waals surface area contributed by atoms with E-state index in [1.54, 1.807) is 0 Å². The van der Waals surface area contributed by atoms with E-state index in [9.17, 15) is 0 Å². The Morgan fingerprint density at radius 1 is 1.20 bits per heavy atom. The van der Waals surface area contributed by atoms with Gasteiger partial charge in [-0.1, -0.05) is 6.92 Å². The molecule has 4 fully saturated rings. The molecule has 0 amide bonds. The molecule has 2 N–H and O–H groups in total. The van der Waals surface area contributed by atoms with E-state index in [0.29, 0.717) is 11.0 Å². The van der Waals surface area contributed by atoms with Crippen LogP contribution >= 0.6 is 0 Å². The van der Waals surface area contributed by atoms with E-state index in [1.807, 2.05) is 0 Å². The lowest BCUT2D eigenvalue weighted by atomic mass is 9.47. The molecule has 2 heteroatoms. The molecule has 0 spiro atoms. The van der Waals surface area contributed by atoms with Gasteiger partial charge in [0, 0.05) is 12.1 Å². The van der Waals surface area contributed by atoms with Crippen LogP contribution < -0.4 is 5.32 Å². The minimum atomic E-state index is 0.286. The van der Waals surface area contributed by atoms with Crippen LogP contribution in [-0.2, 0) is 0 Å². The lowest BCUT2D eigenvalue weighted by molar-refractivity contribution is -0.0727. The first kappa shape index (κ1) is 10.1. The Balaban J connectivity index is 1.80. The molecule has 0 heterocycles. The number of aliphatic hydroxyl groups excluding tert-OH is 1. The Kier molecular flexibility index (Phi) is 2.16. The van der Waals surface area contributed by atoms with Gasteiger partial charge in [0.1, 0.15) is 0 Å². The summed E-state index contributed by atoms with van der Waals surface area (Å²) in [5, 5.41) is 12.6. The molecule has 0 aromatic heterocycles. The number of β-amino-alcohol motifs (C(OH)–C–C–N with tert-alkyl or cyclic N) is 1. The van der Waals surface area contributed by atoms with Crippen LogP contribution in [0.1, 0.15) is 45.4 Å². The zero-order valence-electron chi connectivity index (χ0n) is 9.76. The average molecular weight is 209 g/mol. The second-order valence-corrected chi connectivity index (χ2v) is 6.70. The monoisotopic (exact) mass is 209 g/mol. The normalized spacial score (nSPS) is 52.4. The van der Waals surface area contributed by atoms with Crippen molar-refractivity contribution in [3.05, 3.63) is 0 Å². The van der Waals surface area contributed by atoms with Gasteiger partial charge < -0.3 is 10.4 Å². The molecule has 4 atom stereocenters. The summed E-state index contributed by atoms with van der Waals surface area (Å²) < 4.78 is 0. The Labute approximate surface area is 92.4 Å². The van der Waals surface area contributed by atoms with Gasteiger partial charge in [0.05, 0.1) is 6.61 Å². The van der Waals surface area contributed by atoms with Crippen molar-refractivity contribution in [1.82, 2.24) is 5.32 Å². The van der Waals surface area contributed by atoms with Crippen molar-refractivity contribution in [2.24, 2.45) is 17.3 Å². The standard InChI is InChI=1S/C13H23NO/c1-12-5-10-4-11(6-12)8-13(7-10,9-12)14-2-3-15/h10-11,14-15H,2-9H2,1H3/t10-,11+,12?,13?. The summed E-state index contributed by atoms with van der Waals surface area (Å²) in [5.74, 6) is 1.95. The van der Waals surface area contributed by atoms with Crippen LogP contribution in [-0.4, -0.2) is 23.8 Å². The molecule has 4 saturated carbocycles. The summed E-state index contributed by atoms with van der Waals surface area (Å²) in [4.78, 5) is 0. The van der Waals surface area contributed by atoms with Crippen molar-refractivity contribution in [2.45, 2.75) is 51.0 Å². The highest BCUT2D eigenvalue weighted by Gasteiger charge is 2.55. The zero-order valence-corrected chi connectivity index (χ0v) is 9.76. The maximum absolute atomic E-state index is 8.97. The number of hydrogen-bond acceptors (Lipinski definition) is 2. The summed E-state index contributed by atoms with van der Waals surface area (Å²) >= 11 is 0. The second-order valence-electron chi connectivity index (χ2n) is 6.70. The number of nitrogens with one attached hydrogen (secondary N) is 1. The number of aliphatic hydroxyl groups is 1. The van der Waals surface area contributed by atoms with Crippen molar-refractivity contribution in [2.75, 3.05) is 13.2 Å². The number of rotatable bonds is 3. The van der Waals surface area contributed by atoms with Gasteiger partial charge >= 0.3 is 0 Å². The quantitative estimate of drug-likeness (QED) is 0.744. The fraction of sp³-hybridized carbons (Fsp3) is 1.00. The topological polar surface area (TPSA) is 32.3 Å².